The van der Waals surface area contributed by atoms with Gasteiger partial charge in [-0.3, -0.25) is 4.79 Å². The highest BCUT2D eigenvalue weighted by atomic mass is 32.1. The molecule has 1 aromatic carbocycles. The quantitative estimate of drug-likeness (QED) is 0.845. The molecule has 0 N–H and O–H groups in total. The number of benzene rings is 1. The van der Waals surface area contributed by atoms with Crippen LogP contribution in [-0.2, 0) is 4.74 Å². The number of thiophene rings is 1. The van der Waals surface area contributed by atoms with Crippen LogP contribution in [0, 0.1) is 5.41 Å². The van der Waals surface area contributed by atoms with Crippen molar-refractivity contribution in [3.05, 3.63) is 35.2 Å². The van der Waals surface area contributed by atoms with Gasteiger partial charge in [-0.1, -0.05) is 32.0 Å². The Kier molecular flexibility index (Phi) is 3.76. The van der Waals surface area contributed by atoms with Gasteiger partial charge in [-0.2, -0.15) is 0 Å². The Bertz CT molecular complexity index is 662. The largest absolute Gasteiger partial charge is 0.381 e. The van der Waals surface area contributed by atoms with Gasteiger partial charge in [0.2, 0.25) is 0 Å². The molecule has 112 valence electrons. The smallest absolute Gasteiger partial charge is 0.255 e. The SMILES string of the molecule is COC1CCN(C(=O)c2csc3ccccc23)CC1(C)C. The molecular weight excluding hydrogens is 282 g/mol. The average molecular weight is 303 g/mol. The lowest BCUT2D eigenvalue weighted by molar-refractivity contribution is -0.0443. The van der Waals surface area contributed by atoms with Crippen molar-refractivity contribution in [1.29, 1.82) is 0 Å². The van der Waals surface area contributed by atoms with E-state index in [9.17, 15) is 4.79 Å². The standard InChI is InChI=1S/C17H21NO2S/c1-17(2)11-18(9-8-15(17)20-3)16(19)13-10-21-14-7-5-4-6-12(13)14/h4-7,10,15H,8-9,11H2,1-3H3. The number of carbonyl (C=O) groups is 1. The van der Waals surface area contributed by atoms with Crippen LogP contribution in [0.5, 0.6) is 0 Å². The summed E-state index contributed by atoms with van der Waals surface area (Å²) in [5.74, 6) is 0.148. The zero-order valence-corrected chi connectivity index (χ0v) is 13.6. The Labute approximate surface area is 129 Å². The number of rotatable bonds is 2. The van der Waals surface area contributed by atoms with Crippen molar-refractivity contribution < 1.29 is 9.53 Å². The van der Waals surface area contributed by atoms with Crippen LogP contribution in [0.3, 0.4) is 0 Å². The summed E-state index contributed by atoms with van der Waals surface area (Å²) in [5.41, 5.74) is 0.830. The van der Waals surface area contributed by atoms with Crippen LogP contribution in [0.1, 0.15) is 30.6 Å². The second-order valence-electron chi connectivity index (χ2n) is 6.37. The van der Waals surface area contributed by atoms with Gasteiger partial charge in [0.05, 0.1) is 11.7 Å². The maximum Gasteiger partial charge on any atom is 0.255 e. The van der Waals surface area contributed by atoms with E-state index < -0.39 is 0 Å². The number of carbonyl (C=O) groups excluding carboxylic acids is 1. The van der Waals surface area contributed by atoms with Gasteiger partial charge in [-0.05, 0) is 12.5 Å². The van der Waals surface area contributed by atoms with Gasteiger partial charge in [0.1, 0.15) is 0 Å². The molecule has 0 aliphatic carbocycles. The zero-order valence-electron chi connectivity index (χ0n) is 12.8. The summed E-state index contributed by atoms with van der Waals surface area (Å²) in [4.78, 5) is 14.8. The molecule has 0 bridgehead atoms. The van der Waals surface area contributed by atoms with Crippen molar-refractivity contribution in [3.8, 4) is 0 Å². The first-order valence-corrected chi connectivity index (χ1v) is 8.19. The van der Waals surface area contributed by atoms with Crippen molar-refractivity contribution in [1.82, 2.24) is 4.90 Å². The van der Waals surface area contributed by atoms with Gasteiger partial charge in [-0.15, -0.1) is 11.3 Å². The van der Waals surface area contributed by atoms with E-state index in [2.05, 4.69) is 19.9 Å². The molecule has 3 rings (SSSR count). The number of nitrogens with zero attached hydrogens (tertiary/aromatic N) is 1. The van der Waals surface area contributed by atoms with Crippen molar-refractivity contribution in [2.24, 2.45) is 5.41 Å². The molecule has 2 heterocycles. The monoisotopic (exact) mass is 303 g/mol. The molecule has 4 heteroatoms. The highest BCUT2D eigenvalue weighted by molar-refractivity contribution is 7.17. The van der Waals surface area contributed by atoms with Crippen molar-refractivity contribution in [2.75, 3.05) is 20.2 Å². The van der Waals surface area contributed by atoms with E-state index in [-0.39, 0.29) is 17.4 Å². The first-order chi connectivity index (χ1) is 10.0. The molecule has 1 aliphatic rings. The summed E-state index contributed by atoms with van der Waals surface area (Å²) in [6, 6.07) is 8.11. The molecule has 1 saturated heterocycles. The summed E-state index contributed by atoms with van der Waals surface area (Å²) in [5, 5.41) is 3.06. The van der Waals surface area contributed by atoms with Crippen LogP contribution in [0.25, 0.3) is 10.1 Å². The third-order valence-corrected chi connectivity index (χ3v) is 5.38. The first kappa shape index (κ1) is 14.5. The number of hydrogen-bond acceptors (Lipinski definition) is 3. The van der Waals surface area contributed by atoms with E-state index in [0.29, 0.717) is 0 Å². The van der Waals surface area contributed by atoms with Gasteiger partial charge < -0.3 is 9.64 Å². The molecule has 1 aromatic heterocycles. The van der Waals surface area contributed by atoms with Crippen LogP contribution < -0.4 is 0 Å². The third kappa shape index (κ3) is 2.58. The van der Waals surface area contributed by atoms with E-state index >= 15 is 0 Å². The van der Waals surface area contributed by atoms with Gasteiger partial charge in [-0.25, -0.2) is 0 Å². The molecule has 2 aromatic rings. The lowest BCUT2D eigenvalue weighted by atomic mass is 9.81. The fourth-order valence-corrected chi connectivity index (χ4v) is 4.20. The highest BCUT2D eigenvalue weighted by Crippen LogP contribution is 2.33. The average Bonchev–Trinajstić information content (AvgIpc) is 2.89. The normalized spacial score (nSPS) is 21.7. The molecule has 3 nitrogen and oxygen atoms in total. The number of amides is 1. The van der Waals surface area contributed by atoms with E-state index in [1.807, 2.05) is 28.5 Å². The maximum absolute atomic E-state index is 12.8. The summed E-state index contributed by atoms with van der Waals surface area (Å²) in [6.07, 6.45) is 1.12. The molecule has 1 unspecified atom stereocenters. The summed E-state index contributed by atoms with van der Waals surface area (Å²) in [7, 11) is 1.76. The van der Waals surface area contributed by atoms with Crippen LogP contribution >= 0.6 is 11.3 Å². The molecular formula is C17H21NO2S. The van der Waals surface area contributed by atoms with Crippen LogP contribution in [0.2, 0.25) is 0 Å². The van der Waals surface area contributed by atoms with Crippen molar-refractivity contribution >= 4 is 27.3 Å². The molecule has 0 spiro atoms. The second-order valence-corrected chi connectivity index (χ2v) is 7.29. The highest BCUT2D eigenvalue weighted by Gasteiger charge is 2.38. The number of methoxy groups -OCH3 is 1. The minimum Gasteiger partial charge on any atom is -0.381 e. The van der Waals surface area contributed by atoms with Gasteiger partial charge in [0, 0.05) is 41.1 Å². The number of piperidine rings is 1. The molecule has 0 radical (unpaired) electrons. The molecule has 21 heavy (non-hydrogen) atoms. The van der Waals surface area contributed by atoms with Crippen molar-refractivity contribution in [2.45, 2.75) is 26.4 Å². The van der Waals surface area contributed by atoms with E-state index in [0.717, 1.165) is 30.5 Å². The number of likely N-dealkylation sites (tertiary alicyclic amines) is 1. The number of hydrogen-bond donors (Lipinski definition) is 0. The molecule has 1 amide bonds. The van der Waals surface area contributed by atoms with Crippen molar-refractivity contribution in [3.63, 3.8) is 0 Å². The lowest BCUT2D eigenvalue weighted by Crippen LogP contribution is -2.51. The van der Waals surface area contributed by atoms with Crippen LogP contribution in [0.4, 0.5) is 0 Å². The van der Waals surface area contributed by atoms with Gasteiger partial charge in [0.15, 0.2) is 0 Å². The summed E-state index contributed by atoms with van der Waals surface area (Å²) in [6.45, 7) is 5.86. The van der Waals surface area contributed by atoms with Gasteiger partial charge in [0.25, 0.3) is 5.91 Å². The van der Waals surface area contributed by atoms with E-state index in [1.165, 1.54) is 4.70 Å². The minimum atomic E-state index is -0.00547. The first-order valence-electron chi connectivity index (χ1n) is 7.31. The predicted octanol–water partition coefficient (Wildman–Crippen LogP) is 3.79. The topological polar surface area (TPSA) is 29.5 Å². The Balaban J connectivity index is 1.86. The summed E-state index contributed by atoms with van der Waals surface area (Å²) >= 11 is 1.64. The molecule has 1 atom stereocenters. The second kappa shape index (κ2) is 5.43. The molecule has 1 fully saturated rings. The maximum atomic E-state index is 12.8. The van der Waals surface area contributed by atoms with Crippen LogP contribution in [0.15, 0.2) is 29.6 Å². The fraction of sp³-hybridized carbons (Fsp3) is 0.471. The predicted molar refractivity (Wildman–Crippen MR) is 86.9 cm³/mol. The fourth-order valence-electron chi connectivity index (χ4n) is 3.26. The summed E-state index contributed by atoms with van der Waals surface area (Å²) < 4.78 is 6.73. The molecule has 1 aliphatic heterocycles. The zero-order chi connectivity index (χ0) is 15.0. The minimum absolute atomic E-state index is 0.00547. The Hall–Kier alpha value is -1.39. The molecule has 0 saturated carbocycles. The lowest BCUT2D eigenvalue weighted by Gasteiger charge is -2.43. The van der Waals surface area contributed by atoms with E-state index in [4.69, 9.17) is 4.74 Å². The van der Waals surface area contributed by atoms with Gasteiger partial charge >= 0.3 is 0 Å². The third-order valence-electron chi connectivity index (χ3n) is 4.41. The Morgan fingerprint density at radius 2 is 2.14 bits per heavy atom. The van der Waals surface area contributed by atoms with E-state index in [1.54, 1.807) is 18.4 Å². The number of fused-ring (bicyclic) bond motifs is 1. The number of ether oxygens (including phenoxy) is 1. The van der Waals surface area contributed by atoms with Crippen LogP contribution in [-0.4, -0.2) is 37.1 Å². The Morgan fingerprint density at radius 3 is 2.86 bits per heavy atom. The Morgan fingerprint density at radius 1 is 1.38 bits per heavy atom.